The molecule has 0 amide bonds. The number of nitrogens with two attached hydrogens (primary N) is 1. The maximum absolute atomic E-state index is 5.86. The molecule has 1 saturated heterocycles. The standard InChI is InChI=1S/C13H18N6/c1-9(14)11-12(15-2)17-19-8-5-10(16-13(11)19)18-6-3-4-7-18/h5,8H,1,3-4,6-7,14H2,2H3,(H,15,17). The van der Waals surface area contributed by atoms with Crippen LogP contribution < -0.4 is 16.0 Å². The van der Waals surface area contributed by atoms with Crippen LogP contribution in [0.15, 0.2) is 18.8 Å². The van der Waals surface area contributed by atoms with Crippen LogP contribution in [0.4, 0.5) is 11.6 Å². The number of anilines is 2. The molecule has 100 valence electrons. The van der Waals surface area contributed by atoms with Crippen LogP contribution in [0.1, 0.15) is 18.4 Å². The van der Waals surface area contributed by atoms with Crippen LogP contribution >= 0.6 is 0 Å². The van der Waals surface area contributed by atoms with E-state index in [1.807, 2.05) is 19.3 Å². The topological polar surface area (TPSA) is 71.5 Å². The Kier molecular flexibility index (Phi) is 2.77. The summed E-state index contributed by atoms with van der Waals surface area (Å²) in [6, 6.07) is 1.99. The van der Waals surface area contributed by atoms with Crippen molar-refractivity contribution in [2.45, 2.75) is 12.8 Å². The van der Waals surface area contributed by atoms with Gasteiger partial charge in [0.25, 0.3) is 0 Å². The largest absolute Gasteiger partial charge is 0.398 e. The monoisotopic (exact) mass is 258 g/mol. The van der Waals surface area contributed by atoms with Gasteiger partial charge in [0.15, 0.2) is 11.5 Å². The molecule has 0 radical (unpaired) electrons. The summed E-state index contributed by atoms with van der Waals surface area (Å²) in [4.78, 5) is 6.98. The summed E-state index contributed by atoms with van der Waals surface area (Å²) in [5, 5.41) is 7.43. The fraction of sp³-hybridized carbons (Fsp3) is 0.385. The second-order valence-electron chi connectivity index (χ2n) is 4.75. The van der Waals surface area contributed by atoms with E-state index in [-0.39, 0.29) is 0 Å². The van der Waals surface area contributed by atoms with E-state index >= 15 is 0 Å². The Labute approximate surface area is 111 Å². The van der Waals surface area contributed by atoms with Crippen LogP contribution in [0.5, 0.6) is 0 Å². The first kappa shape index (κ1) is 11.8. The highest BCUT2D eigenvalue weighted by molar-refractivity contribution is 5.82. The van der Waals surface area contributed by atoms with Crippen LogP contribution in [-0.2, 0) is 0 Å². The van der Waals surface area contributed by atoms with Gasteiger partial charge < -0.3 is 16.0 Å². The number of nitrogens with one attached hydrogen (secondary N) is 1. The van der Waals surface area contributed by atoms with Crippen molar-refractivity contribution in [1.82, 2.24) is 14.6 Å². The summed E-state index contributed by atoms with van der Waals surface area (Å²) in [5.74, 6) is 1.69. The Hall–Kier alpha value is -2.24. The number of hydrogen-bond donors (Lipinski definition) is 2. The van der Waals surface area contributed by atoms with Crippen molar-refractivity contribution < 1.29 is 0 Å². The molecule has 1 fully saturated rings. The highest BCUT2D eigenvalue weighted by atomic mass is 15.3. The summed E-state index contributed by atoms with van der Waals surface area (Å²) in [6.45, 7) is 5.94. The molecule has 0 unspecified atom stereocenters. The Morgan fingerprint density at radius 1 is 1.42 bits per heavy atom. The van der Waals surface area contributed by atoms with Gasteiger partial charge in [-0.05, 0) is 18.9 Å². The average Bonchev–Trinajstić information content (AvgIpc) is 3.04. The first-order valence-corrected chi connectivity index (χ1v) is 6.47. The van der Waals surface area contributed by atoms with Crippen molar-refractivity contribution in [1.29, 1.82) is 0 Å². The molecule has 0 saturated carbocycles. The molecule has 2 aromatic rings. The van der Waals surface area contributed by atoms with Crippen LogP contribution in [0.3, 0.4) is 0 Å². The zero-order valence-electron chi connectivity index (χ0n) is 11.1. The van der Waals surface area contributed by atoms with E-state index in [1.165, 1.54) is 12.8 Å². The lowest BCUT2D eigenvalue weighted by Crippen LogP contribution is -2.19. The zero-order valence-corrected chi connectivity index (χ0v) is 11.1. The van der Waals surface area contributed by atoms with Gasteiger partial charge >= 0.3 is 0 Å². The third kappa shape index (κ3) is 1.89. The maximum atomic E-state index is 5.86. The molecule has 1 aliphatic rings. The summed E-state index contributed by atoms with van der Waals surface area (Å²) < 4.78 is 1.73. The quantitative estimate of drug-likeness (QED) is 0.868. The lowest BCUT2D eigenvalue weighted by Gasteiger charge is -2.16. The van der Waals surface area contributed by atoms with Crippen molar-refractivity contribution in [2.75, 3.05) is 30.4 Å². The fourth-order valence-corrected chi connectivity index (χ4v) is 2.51. The van der Waals surface area contributed by atoms with Gasteiger partial charge in [-0.15, -0.1) is 5.10 Å². The molecular formula is C13H18N6. The van der Waals surface area contributed by atoms with Gasteiger partial charge in [0.2, 0.25) is 0 Å². The molecule has 2 aromatic heterocycles. The zero-order chi connectivity index (χ0) is 13.4. The van der Waals surface area contributed by atoms with Crippen LogP contribution in [0, 0.1) is 0 Å². The minimum Gasteiger partial charge on any atom is -0.398 e. The van der Waals surface area contributed by atoms with Gasteiger partial charge in [0.05, 0.1) is 5.56 Å². The van der Waals surface area contributed by atoms with Gasteiger partial charge in [0, 0.05) is 32.0 Å². The summed E-state index contributed by atoms with van der Waals surface area (Å²) in [7, 11) is 1.82. The van der Waals surface area contributed by atoms with Gasteiger partial charge in [-0.2, -0.15) is 0 Å². The van der Waals surface area contributed by atoms with Gasteiger partial charge in [-0.3, -0.25) is 0 Å². The predicted octanol–water partition coefficient (Wildman–Crippen LogP) is 1.30. The Morgan fingerprint density at radius 2 is 2.16 bits per heavy atom. The highest BCUT2D eigenvalue weighted by Crippen LogP contribution is 2.25. The maximum Gasteiger partial charge on any atom is 0.168 e. The van der Waals surface area contributed by atoms with Crippen molar-refractivity contribution in [3.05, 3.63) is 24.4 Å². The van der Waals surface area contributed by atoms with E-state index in [9.17, 15) is 0 Å². The SMILES string of the molecule is C=C(N)c1c(NC)nn2ccc(N3CCCC3)nc12. The van der Waals surface area contributed by atoms with E-state index in [4.69, 9.17) is 10.7 Å². The highest BCUT2D eigenvalue weighted by Gasteiger charge is 2.18. The predicted molar refractivity (Wildman–Crippen MR) is 77.2 cm³/mol. The van der Waals surface area contributed by atoms with E-state index < -0.39 is 0 Å². The molecule has 0 atom stereocenters. The summed E-state index contributed by atoms with van der Waals surface area (Å²) in [5.41, 5.74) is 7.87. The Balaban J connectivity index is 2.14. The molecule has 0 aliphatic carbocycles. The molecule has 19 heavy (non-hydrogen) atoms. The molecular weight excluding hydrogens is 240 g/mol. The number of aromatic nitrogens is 3. The van der Waals surface area contributed by atoms with Gasteiger partial charge in [-0.25, -0.2) is 9.50 Å². The second-order valence-corrected chi connectivity index (χ2v) is 4.75. The summed E-state index contributed by atoms with van der Waals surface area (Å²) >= 11 is 0. The third-order valence-electron chi connectivity index (χ3n) is 3.46. The number of fused-ring (bicyclic) bond motifs is 1. The van der Waals surface area contributed by atoms with Crippen LogP contribution in [0.2, 0.25) is 0 Å². The molecule has 1 aliphatic heterocycles. The fourth-order valence-electron chi connectivity index (χ4n) is 2.51. The number of hydrogen-bond acceptors (Lipinski definition) is 5. The lowest BCUT2D eigenvalue weighted by molar-refractivity contribution is 0.899. The normalized spacial score (nSPS) is 15.1. The first-order chi connectivity index (χ1) is 9.20. The minimum atomic E-state index is 0.477. The molecule has 6 heteroatoms. The van der Waals surface area contributed by atoms with Crippen molar-refractivity contribution in [2.24, 2.45) is 5.73 Å². The Bertz CT molecular complexity index is 623. The lowest BCUT2D eigenvalue weighted by atomic mass is 10.2. The molecule has 3 heterocycles. The van der Waals surface area contributed by atoms with Crippen LogP contribution in [0.25, 0.3) is 11.3 Å². The van der Waals surface area contributed by atoms with Crippen molar-refractivity contribution in [3.63, 3.8) is 0 Å². The van der Waals surface area contributed by atoms with E-state index in [0.29, 0.717) is 11.5 Å². The number of nitrogens with zero attached hydrogens (tertiary/aromatic N) is 4. The molecule has 3 rings (SSSR count). The van der Waals surface area contributed by atoms with E-state index in [2.05, 4.69) is 21.9 Å². The first-order valence-electron chi connectivity index (χ1n) is 6.47. The van der Waals surface area contributed by atoms with E-state index in [1.54, 1.807) is 4.52 Å². The van der Waals surface area contributed by atoms with E-state index in [0.717, 1.165) is 30.1 Å². The molecule has 3 N–H and O–H groups in total. The molecule has 0 bridgehead atoms. The van der Waals surface area contributed by atoms with Crippen molar-refractivity contribution in [3.8, 4) is 0 Å². The average molecular weight is 258 g/mol. The molecule has 0 aromatic carbocycles. The van der Waals surface area contributed by atoms with Crippen LogP contribution in [-0.4, -0.2) is 34.7 Å². The minimum absolute atomic E-state index is 0.477. The summed E-state index contributed by atoms with van der Waals surface area (Å²) in [6.07, 6.45) is 4.37. The van der Waals surface area contributed by atoms with Gasteiger partial charge in [0.1, 0.15) is 5.82 Å². The smallest absolute Gasteiger partial charge is 0.168 e. The second kappa shape index (κ2) is 4.46. The third-order valence-corrected chi connectivity index (χ3v) is 3.46. The molecule has 6 nitrogen and oxygen atoms in total. The van der Waals surface area contributed by atoms with Gasteiger partial charge in [-0.1, -0.05) is 6.58 Å². The number of rotatable bonds is 3. The van der Waals surface area contributed by atoms with Crippen molar-refractivity contribution >= 4 is 23.0 Å². The Morgan fingerprint density at radius 3 is 2.79 bits per heavy atom. The molecule has 0 spiro atoms.